The predicted octanol–water partition coefficient (Wildman–Crippen LogP) is 4.31. The molecule has 0 unspecified atom stereocenters. The molecule has 0 aliphatic rings. The van der Waals surface area contributed by atoms with Crippen molar-refractivity contribution < 1.29 is 17.6 Å². The lowest BCUT2D eigenvalue weighted by Crippen LogP contribution is -2.06. The number of hydrogen-bond acceptors (Lipinski definition) is 2. The van der Waals surface area contributed by atoms with Gasteiger partial charge >= 0.3 is 6.18 Å². The Hall–Kier alpha value is -2.04. The Kier molecular flexibility index (Phi) is 2.14. The SMILES string of the molecule is Cc1cc(C(F)(F)F)c2c(n1)oc1ccccc12. The third-order valence-corrected chi connectivity index (χ3v) is 2.78. The van der Waals surface area contributed by atoms with Crippen LogP contribution in [0.1, 0.15) is 11.3 Å². The number of hydrogen-bond donors (Lipinski definition) is 0. The maximum Gasteiger partial charge on any atom is 0.417 e. The van der Waals surface area contributed by atoms with E-state index < -0.39 is 11.7 Å². The predicted molar refractivity (Wildman–Crippen MR) is 61.3 cm³/mol. The first-order chi connectivity index (χ1) is 8.47. The number of fused-ring (bicyclic) bond motifs is 3. The Balaban J connectivity index is 2.54. The van der Waals surface area contributed by atoms with Crippen LogP contribution in [0.4, 0.5) is 13.2 Å². The Morgan fingerprint density at radius 1 is 1.17 bits per heavy atom. The summed E-state index contributed by atoms with van der Waals surface area (Å²) < 4.78 is 44.5. The fourth-order valence-corrected chi connectivity index (χ4v) is 2.07. The second-order valence-electron chi connectivity index (χ2n) is 4.09. The van der Waals surface area contributed by atoms with E-state index in [9.17, 15) is 13.2 Å². The van der Waals surface area contributed by atoms with Gasteiger partial charge < -0.3 is 4.42 Å². The molecule has 0 aliphatic carbocycles. The van der Waals surface area contributed by atoms with Crippen LogP contribution in [-0.4, -0.2) is 4.98 Å². The van der Waals surface area contributed by atoms with Gasteiger partial charge in [0.1, 0.15) is 5.58 Å². The molecule has 2 heterocycles. The molecule has 0 spiro atoms. The molecule has 0 aliphatic heterocycles. The van der Waals surface area contributed by atoms with Gasteiger partial charge in [0.05, 0.1) is 10.9 Å². The van der Waals surface area contributed by atoms with E-state index in [4.69, 9.17) is 4.42 Å². The Morgan fingerprint density at radius 3 is 2.61 bits per heavy atom. The summed E-state index contributed by atoms with van der Waals surface area (Å²) in [7, 11) is 0. The van der Waals surface area contributed by atoms with Crippen molar-refractivity contribution >= 4 is 22.1 Å². The summed E-state index contributed by atoms with van der Waals surface area (Å²) in [6.07, 6.45) is -4.42. The molecule has 3 rings (SSSR count). The lowest BCUT2D eigenvalue weighted by Gasteiger charge is -2.08. The molecule has 0 saturated heterocycles. The number of benzene rings is 1. The third kappa shape index (κ3) is 1.54. The van der Waals surface area contributed by atoms with Gasteiger partial charge in [-0.05, 0) is 19.1 Å². The van der Waals surface area contributed by atoms with E-state index in [0.29, 0.717) is 11.0 Å². The van der Waals surface area contributed by atoms with E-state index in [1.807, 2.05) is 0 Å². The number of aryl methyl sites for hydroxylation is 1. The van der Waals surface area contributed by atoms with Gasteiger partial charge in [-0.25, -0.2) is 4.98 Å². The van der Waals surface area contributed by atoms with Gasteiger partial charge in [-0.2, -0.15) is 13.2 Å². The number of furan rings is 1. The highest BCUT2D eigenvalue weighted by molar-refractivity contribution is 6.05. The first-order valence-electron chi connectivity index (χ1n) is 5.33. The topological polar surface area (TPSA) is 26.0 Å². The van der Waals surface area contributed by atoms with Gasteiger partial charge in [-0.1, -0.05) is 18.2 Å². The van der Waals surface area contributed by atoms with Crippen LogP contribution >= 0.6 is 0 Å². The normalized spacial score (nSPS) is 12.4. The molecule has 0 radical (unpaired) electrons. The average molecular weight is 251 g/mol. The largest absolute Gasteiger partial charge is 0.438 e. The zero-order chi connectivity index (χ0) is 12.9. The lowest BCUT2D eigenvalue weighted by molar-refractivity contribution is -0.136. The van der Waals surface area contributed by atoms with Crippen molar-refractivity contribution in [3.05, 3.63) is 41.6 Å². The summed E-state index contributed by atoms with van der Waals surface area (Å²) in [5, 5.41) is 0.469. The summed E-state index contributed by atoms with van der Waals surface area (Å²) >= 11 is 0. The second-order valence-corrected chi connectivity index (χ2v) is 4.09. The van der Waals surface area contributed by atoms with E-state index >= 15 is 0 Å². The van der Waals surface area contributed by atoms with Crippen molar-refractivity contribution in [2.45, 2.75) is 13.1 Å². The van der Waals surface area contributed by atoms with Gasteiger partial charge in [-0.3, -0.25) is 0 Å². The van der Waals surface area contributed by atoms with Crippen molar-refractivity contribution in [3.8, 4) is 0 Å². The van der Waals surface area contributed by atoms with E-state index in [2.05, 4.69) is 4.98 Å². The highest BCUT2D eigenvalue weighted by Crippen LogP contribution is 2.39. The average Bonchev–Trinajstić information content (AvgIpc) is 2.64. The number of rotatable bonds is 0. The van der Waals surface area contributed by atoms with Crippen molar-refractivity contribution in [1.29, 1.82) is 0 Å². The highest BCUT2D eigenvalue weighted by Gasteiger charge is 2.35. The van der Waals surface area contributed by atoms with Crippen LogP contribution in [0.15, 0.2) is 34.7 Å². The molecular formula is C13H8F3NO. The summed E-state index contributed by atoms with van der Waals surface area (Å²) in [4.78, 5) is 4.02. The molecule has 0 atom stereocenters. The van der Waals surface area contributed by atoms with E-state index in [-0.39, 0.29) is 16.8 Å². The first kappa shape index (κ1) is 11.1. The molecular weight excluding hydrogens is 243 g/mol. The number of halogens is 3. The molecule has 0 saturated carbocycles. The molecule has 1 aromatic carbocycles. The zero-order valence-corrected chi connectivity index (χ0v) is 9.38. The van der Waals surface area contributed by atoms with Crippen LogP contribution in [0.5, 0.6) is 0 Å². The molecule has 0 N–H and O–H groups in total. The molecule has 2 aromatic heterocycles. The number of aromatic nitrogens is 1. The van der Waals surface area contributed by atoms with E-state index in [1.54, 1.807) is 24.3 Å². The van der Waals surface area contributed by atoms with Crippen LogP contribution in [0.3, 0.4) is 0 Å². The van der Waals surface area contributed by atoms with Crippen LogP contribution in [0.2, 0.25) is 0 Å². The van der Waals surface area contributed by atoms with Gasteiger partial charge in [-0.15, -0.1) is 0 Å². The van der Waals surface area contributed by atoms with Crippen LogP contribution in [0.25, 0.3) is 22.1 Å². The number of nitrogens with zero attached hydrogens (tertiary/aromatic N) is 1. The molecule has 3 aromatic rings. The Labute approximate surface area is 100 Å². The van der Waals surface area contributed by atoms with Gasteiger partial charge in [0.15, 0.2) is 0 Å². The quantitative estimate of drug-likeness (QED) is 0.595. The minimum Gasteiger partial charge on any atom is -0.438 e. The highest BCUT2D eigenvalue weighted by atomic mass is 19.4. The minimum absolute atomic E-state index is 0.0310. The second kappa shape index (κ2) is 3.48. The summed E-state index contributed by atoms with van der Waals surface area (Å²) in [6.45, 7) is 1.52. The minimum atomic E-state index is -4.42. The molecule has 0 amide bonds. The van der Waals surface area contributed by atoms with Gasteiger partial charge in [0.2, 0.25) is 5.71 Å². The maximum absolute atomic E-state index is 13.0. The van der Waals surface area contributed by atoms with Gasteiger partial charge in [0, 0.05) is 11.1 Å². The molecule has 5 heteroatoms. The zero-order valence-electron chi connectivity index (χ0n) is 9.38. The van der Waals surface area contributed by atoms with Crippen molar-refractivity contribution in [3.63, 3.8) is 0 Å². The third-order valence-electron chi connectivity index (χ3n) is 2.78. The van der Waals surface area contributed by atoms with E-state index in [1.165, 1.54) is 6.92 Å². The Morgan fingerprint density at radius 2 is 1.89 bits per heavy atom. The summed E-state index contributed by atoms with van der Waals surface area (Å²) in [5.41, 5.74) is 0.0310. The van der Waals surface area contributed by atoms with Crippen LogP contribution in [0, 0.1) is 6.92 Å². The molecule has 2 nitrogen and oxygen atoms in total. The Bertz CT molecular complexity index is 743. The smallest absolute Gasteiger partial charge is 0.417 e. The molecule has 92 valence electrons. The fraction of sp³-hybridized carbons (Fsp3) is 0.154. The number of pyridine rings is 1. The molecule has 0 bridgehead atoms. The van der Waals surface area contributed by atoms with Crippen LogP contribution < -0.4 is 0 Å². The van der Waals surface area contributed by atoms with Gasteiger partial charge in [0.25, 0.3) is 0 Å². The maximum atomic E-state index is 13.0. The molecule has 0 fully saturated rings. The summed E-state index contributed by atoms with van der Waals surface area (Å²) in [6, 6.07) is 7.67. The van der Waals surface area contributed by atoms with Crippen LogP contribution in [-0.2, 0) is 6.18 Å². The number of alkyl halides is 3. The first-order valence-corrected chi connectivity index (χ1v) is 5.33. The lowest BCUT2D eigenvalue weighted by atomic mass is 10.1. The van der Waals surface area contributed by atoms with Crippen molar-refractivity contribution in [2.24, 2.45) is 0 Å². The van der Waals surface area contributed by atoms with Crippen molar-refractivity contribution in [2.75, 3.05) is 0 Å². The standard InChI is InChI=1S/C13H8F3NO/c1-7-6-9(13(14,15)16)11-8-4-2-3-5-10(8)18-12(11)17-7/h2-6H,1H3. The molecule has 18 heavy (non-hydrogen) atoms. The number of para-hydroxylation sites is 1. The fourth-order valence-electron chi connectivity index (χ4n) is 2.07. The van der Waals surface area contributed by atoms with Crippen molar-refractivity contribution in [1.82, 2.24) is 4.98 Å². The monoisotopic (exact) mass is 251 g/mol. The van der Waals surface area contributed by atoms with E-state index in [0.717, 1.165) is 6.07 Å². The summed E-state index contributed by atoms with van der Waals surface area (Å²) in [5.74, 6) is 0.